The lowest BCUT2D eigenvalue weighted by atomic mass is 10.1. The van der Waals surface area contributed by atoms with Crippen molar-refractivity contribution >= 4 is 5.91 Å². The molecule has 0 unspecified atom stereocenters. The first-order chi connectivity index (χ1) is 13.3. The van der Waals surface area contributed by atoms with Gasteiger partial charge < -0.3 is 9.88 Å². The predicted molar refractivity (Wildman–Crippen MR) is 93.1 cm³/mol. The number of pyridine rings is 1. The number of hydrogen-bond donors (Lipinski definition) is 1. The van der Waals surface area contributed by atoms with Gasteiger partial charge in [-0.3, -0.25) is 9.59 Å². The lowest BCUT2D eigenvalue weighted by Gasteiger charge is -2.11. The molecule has 0 spiro atoms. The highest BCUT2D eigenvalue weighted by Gasteiger charge is 2.34. The zero-order valence-corrected chi connectivity index (χ0v) is 14.6. The van der Waals surface area contributed by atoms with Gasteiger partial charge in [-0.2, -0.15) is 18.3 Å². The Morgan fingerprint density at radius 1 is 1.11 bits per heavy atom. The van der Waals surface area contributed by atoms with Crippen molar-refractivity contribution in [2.24, 2.45) is 0 Å². The number of benzene rings is 1. The Kier molecular flexibility index (Phi) is 5.57. The summed E-state index contributed by atoms with van der Waals surface area (Å²) in [7, 11) is 0. The first-order valence-corrected chi connectivity index (χ1v) is 8.26. The Balaban J connectivity index is 1.57. The minimum Gasteiger partial charge on any atom is -0.350 e. The highest BCUT2D eigenvalue weighted by Crippen LogP contribution is 2.25. The first kappa shape index (κ1) is 19.3. The van der Waals surface area contributed by atoms with Crippen LogP contribution in [0.3, 0.4) is 0 Å². The van der Waals surface area contributed by atoms with Crippen LogP contribution < -0.4 is 10.9 Å². The fourth-order valence-electron chi connectivity index (χ4n) is 2.55. The molecular weight excluding hydrogens is 375 g/mol. The van der Waals surface area contributed by atoms with Crippen molar-refractivity contribution < 1.29 is 18.0 Å². The average molecular weight is 391 g/mol. The maximum Gasteiger partial charge on any atom is 0.421 e. The van der Waals surface area contributed by atoms with Crippen molar-refractivity contribution in [1.29, 1.82) is 0 Å². The normalized spacial score (nSPS) is 11.4. The van der Waals surface area contributed by atoms with E-state index in [-0.39, 0.29) is 6.54 Å². The zero-order chi connectivity index (χ0) is 20.1. The summed E-state index contributed by atoms with van der Waals surface area (Å²) in [6.45, 7) is 0.258. The number of amides is 1. The van der Waals surface area contributed by atoms with Gasteiger partial charge in [-0.05, 0) is 23.3 Å². The molecule has 0 atom stereocenters. The van der Waals surface area contributed by atoms with E-state index in [1.807, 2.05) is 24.3 Å². The molecule has 3 rings (SSSR count). The molecule has 3 aromatic rings. The van der Waals surface area contributed by atoms with Gasteiger partial charge in [0.15, 0.2) is 0 Å². The number of carbonyl (C=O) groups excluding carboxylic acids is 1. The van der Waals surface area contributed by atoms with E-state index in [9.17, 15) is 22.8 Å². The number of halogens is 3. The Labute approximate surface area is 157 Å². The Bertz CT molecular complexity index is 995. The van der Waals surface area contributed by atoms with Gasteiger partial charge in [0, 0.05) is 12.7 Å². The molecule has 0 aliphatic carbocycles. The van der Waals surface area contributed by atoms with Crippen LogP contribution in [0.15, 0.2) is 60.0 Å². The van der Waals surface area contributed by atoms with E-state index < -0.39 is 29.8 Å². The average Bonchev–Trinajstić information content (AvgIpc) is 3.15. The highest BCUT2D eigenvalue weighted by atomic mass is 19.4. The van der Waals surface area contributed by atoms with Crippen molar-refractivity contribution in [3.63, 3.8) is 0 Å². The van der Waals surface area contributed by atoms with Crippen LogP contribution in [-0.2, 0) is 30.6 Å². The van der Waals surface area contributed by atoms with Gasteiger partial charge >= 0.3 is 6.18 Å². The molecule has 2 aromatic heterocycles. The van der Waals surface area contributed by atoms with E-state index in [0.717, 1.165) is 28.0 Å². The molecule has 0 aliphatic rings. The summed E-state index contributed by atoms with van der Waals surface area (Å²) in [5.74, 6) is -0.562. The van der Waals surface area contributed by atoms with Gasteiger partial charge in [-0.15, -0.1) is 0 Å². The predicted octanol–water partition coefficient (Wildman–Crippen LogP) is 1.82. The summed E-state index contributed by atoms with van der Waals surface area (Å²) >= 11 is 0. The fourth-order valence-corrected chi connectivity index (χ4v) is 2.55. The minimum absolute atomic E-state index is 0.191. The Hall–Kier alpha value is -3.43. The number of alkyl halides is 3. The number of hydrogen-bond acceptors (Lipinski definition) is 4. The molecule has 2 heterocycles. The molecule has 28 heavy (non-hydrogen) atoms. The number of nitrogens with zero attached hydrogens (tertiary/aromatic N) is 4. The monoisotopic (exact) mass is 391 g/mol. The van der Waals surface area contributed by atoms with Crippen molar-refractivity contribution in [2.75, 3.05) is 0 Å². The first-order valence-electron chi connectivity index (χ1n) is 8.26. The van der Waals surface area contributed by atoms with Gasteiger partial charge in [0.25, 0.3) is 5.56 Å². The van der Waals surface area contributed by atoms with E-state index in [1.54, 1.807) is 11.0 Å². The second kappa shape index (κ2) is 8.07. The topological polar surface area (TPSA) is 81.8 Å². The molecule has 146 valence electrons. The second-order valence-electron chi connectivity index (χ2n) is 6.04. The number of nitrogens with one attached hydrogen (secondary N) is 1. The molecule has 1 amide bonds. The molecule has 0 bridgehead atoms. The summed E-state index contributed by atoms with van der Waals surface area (Å²) in [6, 6.07) is 9.18. The second-order valence-corrected chi connectivity index (χ2v) is 6.04. The fraction of sp³-hybridized carbons (Fsp3) is 0.222. The van der Waals surface area contributed by atoms with E-state index in [4.69, 9.17) is 0 Å². The van der Waals surface area contributed by atoms with Crippen LogP contribution in [0.2, 0.25) is 0 Å². The SMILES string of the molecule is O=C(Cn1cccc(C(F)(F)F)c1=O)NCc1ccc(Cn2cncn2)cc1. The lowest BCUT2D eigenvalue weighted by Crippen LogP contribution is -2.34. The Morgan fingerprint density at radius 3 is 2.46 bits per heavy atom. The van der Waals surface area contributed by atoms with Gasteiger partial charge in [0.1, 0.15) is 24.8 Å². The third kappa shape index (κ3) is 4.84. The summed E-state index contributed by atoms with van der Waals surface area (Å²) < 4.78 is 40.7. The van der Waals surface area contributed by atoms with E-state index >= 15 is 0 Å². The largest absolute Gasteiger partial charge is 0.421 e. The molecule has 0 radical (unpaired) electrons. The van der Waals surface area contributed by atoms with Crippen LogP contribution >= 0.6 is 0 Å². The van der Waals surface area contributed by atoms with Gasteiger partial charge in [-0.1, -0.05) is 24.3 Å². The molecule has 0 saturated heterocycles. The highest BCUT2D eigenvalue weighted by molar-refractivity contribution is 5.75. The molecule has 10 heteroatoms. The van der Waals surface area contributed by atoms with Crippen LogP contribution in [0.4, 0.5) is 13.2 Å². The summed E-state index contributed by atoms with van der Waals surface area (Å²) in [5, 5.41) is 6.60. The minimum atomic E-state index is -4.76. The van der Waals surface area contributed by atoms with Crippen LogP contribution in [-0.4, -0.2) is 25.2 Å². The molecule has 7 nitrogen and oxygen atoms in total. The Morgan fingerprint density at radius 2 is 1.82 bits per heavy atom. The van der Waals surface area contributed by atoms with E-state index in [0.29, 0.717) is 12.6 Å². The zero-order valence-electron chi connectivity index (χ0n) is 14.6. The molecular formula is C18H16F3N5O2. The third-order valence-electron chi connectivity index (χ3n) is 3.96. The van der Waals surface area contributed by atoms with Gasteiger partial charge in [0.2, 0.25) is 5.91 Å². The van der Waals surface area contributed by atoms with Crippen molar-refractivity contribution in [2.45, 2.75) is 25.8 Å². The maximum atomic E-state index is 12.8. The van der Waals surface area contributed by atoms with Crippen molar-refractivity contribution in [3.05, 3.63) is 82.3 Å². The summed E-state index contributed by atoms with van der Waals surface area (Å²) in [5.41, 5.74) is -0.739. The smallest absolute Gasteiger partial charge is 0.350 e. The van der Waals surface area contributed by atoms with E-state index in [1.165, 1.54) is 6.33 Å². The number of rotatable bonds is 6. The van der Waals surface area contributed by atoms with Gasteiger partial charge in [-0.25, -0.2) is 9.67 Å². The summed E-state index contributed by atoms with van der Waals surface area (Å²) in [6.07, 6.45) is -0.565. The quantitative estimate of drug-likeness (QED) is 0.695. The lowest BCUT2D eigenvalue weighted by molar-refractivity contribution is -0.139. The molecule has 0 aliphatic heterocycles. The summed E-state index contributed by atoms with van der Waals surface area (Å²) in [4.78, 5) is 27.7. The van der Waals surface area contributed by atoms with Crippen LogP contribution in [0.5, 0.6) is 0 Å². The van der Waals surface area contributed by atoms with Crippen LogP contribution in [0.25, 0.3) is 0 Å². The maximum absolute atomic E-state index is 12.8. The molecule has 0 saturated carbocycles. The van der Waals surface area contributed by atoms with Crippen molar-refractivity contribution in [1.82, 2.24) is 24.6 Å². The number of carbonyl (C=O) groups is 1. The molecule has 0 fully saturated rings. The van der Waals surface area contributed by atoms with Crippen molar-refractivity contribution in [3.8, 4) is 0 Å². The molecule has 1 aromatic carbocycles. The molecule has 1 N–H and O–H groups in total. The standard InChI is InChI=1S/C18H16F3N5O2/c19-18(20,21)15-2-1-7-25(17(15)28)10-16(27)23-8-13-3-5-14(6-4-13)9-26-12-22-11-24-26/h1-7,11-12H,8-10H2,(H,23,27). The van der Waals surface area contributed by atoms with Crippen LogP contribution in [0, 0.1) is 0 Å². The number of aromatic nitrogens is 4. The van der Waals surface area contributed by atoms with Crippen LogP contribution in [0.1, 0.15) is 16.7 Å². The van der Waals surface area contributed by atoms with E-state index in [2.05, 4.69) is 15.4 Å². The van der Waals surface area contributed by atoms with Gasteiger partial charge in [0.05, 0.1) is 6.54 Å². The third-order valence-corrected chi connectivity index (χ3v) is 3.96.